The molecule has 10 heavy (non-hydrogen) atoms. The van der Waals surface area contributed by atoms with Gasteiger partial charge in [-0.1, -0.05) is 39.5 Å². The third-order valence-corrected chi connectivity index (χ3v) is 4.20. The first kappa shape index (κ1) is 13.6. The molecule has 0 aliphatic heterocycles. The summed E-state index contributed by atoms with van der Waals surface area (Å²) in [6.07, 6.45) is 2.88. The van der Waals surface area contributed by atoms with Crippen LogP contribution >= 0.6 is 12.4 Å². The van der Waals surface area contributed by atoms with E-state index in [4.69, 9.17) is 0 Å². The van der Waals surface area contributed by atoms with Gasteiger partial charge in [-0.05, 0) is 0 Å². The molecule has 0 aromatic heterocycles. The zero-order valence-corrected chi connectivity index (χ0v) is 9.75. The Kier molecular flexibility index (Phi) is 13.7. The highest BCUT2D eigenvalue weighted by Crippen LogP contribution is 2.03. The highest BCUT2D eigenvalue weighted by atomic mass is 35.5. The average Bonchev–Trinajstić information content (AvgIpc) is 1.80. The maximum Gasteiger partial charge on any atom is 0.364 e. The second-order valence-electron chi connectivity index (χ2n) is 3.24. The van der Waals surface area contributed by atoms with Crippen LogP contribution in [-0.2, 0) is 0 Å². The molecule has 0 amide bonds. The maximum absolute atomic E-state index is 2.33. The zero-order chi connectivity index (χ0) is 7.11. The van der Waals surface area contributed by atoms with Gasteiger partial charge in [0.1, 0.15) is 0 Å². The van der Waals surface area contributed by atoms with Gasteiger partial charge in [-0.25, -0.2) is 0 Å². The monoisotopic (exact) mass is 174 g/mol. The van der Waals surface area contributed by atoms with Crippen LogP contribution < -0.4 is 0 Å². The van der Waals surface area contributed by atoms with Crippen molar-refractivity contribution in [3.05, 3.63) is 0 Å². The Morgan fingerprint density at radius 1 is 1.30 bits per heavy atom. The second kappa shape index (κ2) is 10.1. The van der Waals surface area contributed by atoms with Gasteiger partial charge in [-0.2, -0.15) is 0 Å². The van der Waals surface area contributed by atoms with Crippen LogP contribution in [0.25, 0.3) is 0 Å². The van der Waals surface area contributed by atoms with Gasteiger partial charge < -0.3 is 0 Å². The Morgan fingerprint density at radius 3 is 2.30 bits per heavy atom. The fraction of sp³-hybridized carbons (Fsp3) is 1.00. The summed E-state index contributed by atoms with van der Waals surface area (Å²) < 4.78 is 3.13. The molecule has 0 N–H and O–H groups in total. The molecule has 0 radical (unpaired) electrons. The number of hydrogen-bond donors (Lipinski definition) is 0. The Morgan fingerprint density at radius 2 is 1.90 bits per heavy atom. The molecule has 0 nitrogen and oxygen atoms in total. The van der Waals surface area contributed by atoms with Crippen LogP contribution in [0.1, 0.15) is 33.6 Å². The van der Waals surface area contributed by atoms with Gasteiger partial charge in [0.05, 0.1) is 0 Å². The third-order valence-electron chi connectivity index (χ3n) is 1.64. The fourth-order valence-corrected chi connectivity index (χ4v) is 2.94. The summed E-state index contributed by atoms with van der Waals surface area (Å²) in [7, 11) is 0. The lowest BCUT2D eigenvalue weighted by molar-refractivity contribution is 0.726. The quantitative estimate of drug-likeness (QED) is 0.443. The molecule has 0 aliphatic carbocycles. The van der Waals surface area contributed by atoms with Gasteiger partial charge in [0.2, 0.25) is 0 Å². The first-order valence-electron chi connectivity index (χ1n) is 4.27. The highest BCUT2D eigenvalue weighted by Gasteiger charge is 1.97. The summed E-state index contributed by atoms with van der Waals surface area (Å²) in [4.78, 5) is 0. The molecule has 60 valence electrons. The summed E-state index contributed by atoms with van der Waals surface area (Å²) in [5.74, 6) is 0.966. The normalized spacial score (nSPS) is 8.80. The SMILES string of the molecule is CCC[CH2][Mg][CH2]C(C)C.Cl. The van der Waals surface area contributed by atoms with Crippen molar-refractivity contribution in [3.8, 4) is 0 Å². The van der Waals surface area contributed by atoms with Crippen molar-refractivity contribution in [1.82, 2.24) is 0 Å². The van der Waals surface area contributed by atoms with E-state index in [-0.39, 0.29) is 12.4 Å². The summed E-state index contributed by atoms with van der Waals surface area (Å²) in [6.45, 7) is 6.95. The number of rotatable bonds is 5. The molecule has 0 bridgehead atoms. The zero-order valence-electron chi connectivity index (χ0n) is 7.52. The largest absolute Gasteiger partial charge is 0.364 e. The minimum absolute atomic E-state index is 0. The summed E-state index contributed by atoms with van der Waals surface area (Å²) in [6, 6.07) is 0. The van der Waals surface area contributed by atoms with Gasteiger partial charge >= 0.3 is 20.4 Å². The molecule has 2 heteroatoms. The summed E-state index contributed by atoms with van der Waals surface area (Å²) in [5, 5.41) is 0. The van der Waals surface area contributed by atoms with E-state index in [0.717, 1.165) is 5.92 Å². The first-order chi connectivity index (χ1) is 4.27. The molecule has 0 aromatic carbocycles. The van der Waals surface area contributed by atoms with Crippen LogP contribution in [0.4, 0.5) is 0 Å². The predicted molar refractivity (Wildman–Crippen MR) is 52.4 cm³/mol. The molecule has 0 aromatic rings. The molecule has 0 atom stereocenters. The summed E-state index contributed by atoms with van der Waals surface area (Å²) >= 11 is 0.353. The van der Waals surface area contributed by atoms with Crippen molar-refractivity contribution < 1.29 is 0 Å². The van der Waals surface area contributed by atoms with E-state index in [1.807, 2.05) is 0 Å². The third kappa shape index (κ3) is 11.8. The van der Waals surface area contributed by atoms with E-state index in [1.54, 1.807) is 9.10 Å². The van der Waals surface area contributed by atoms with Crippen molar-refractivity contribution >= 4 is 32.8 Å². The Hall–Kier alpha value is 1.06. The molecule has 0 unspecified atom stereocenters. The molecule has 0 rings (SSSR count). The lowest BCUT2D eigenvalue weighted by atomic mass is 10.3. The minimum Gasteiger partial charge on any atom is -0.147 e. The molecule has 0 heterocycles. The van der Waals surface area contributed by atoms with Crippen molar-refractivity contribution in [3.63, 3.8) is 0 Å². The molecule has 0 saturated heterocycles. The molecular formula is C8H19ClMg. The van der Waals surface area contributed by atoms with Crippen LogP contribution in [0.15, 0.2) is 0 Å². The number of halogens is 1. The minimum atomic E-state index is 0. The van der Waals surface area contributed by atoms with Gasteiger partial charge in [0, 0.05) is 0 Å². The maximum atomic E-state index is 2.33. The van der Waals surface area contributed by atoms with Gasteiger partial charge in [-0.15, -0.1) is 21.5 Å². The lowest BCUT2D eigenvalue weighted by Crippen LogP contribution is -1.94. The molecule has 0 saturated carbocycles. The molecule has 0 fully saturated rings. The molecule has 0 spiro atoms. The van der Waals surface area contributed by atoms with E-state index >= 15 is 0 Å². The van der Waals surface area contributed by atoms with Crippen molar-refractivity contribution in [2.75, 3.05) is 0 Å². The Balaban J connectivity index is 0. The second-order valence-corrected chi connectivity index (χ2v) is 5.23. The molecule has 0 aliphatic rings. The van der Waals surface area contributed by atoms with Crippen molar-refractivity contribution in [2.45, 2.75) is 42.7 Å². The molecular weight excluding hydrogens is 156 g/mol. The highest BCUT2D eigenvalue weighted by molar-refractivity contribution is 6.35. The lowest BCUT2D eigenvalue weighted by Gasteiger charge is -1.99. The number of hydrogen-bond acceptors (Lipinski definition) is 0. The summed E-state index contributed by atoms with van der Waals surface area (Å²) in [5.41, 5.74) is 0. The van der Waals surface area contributed by atoms with Crippen LogP contribution in [0.5, 0.6) is 0 Å². The Labute approximate surface area is 81.3 Å². The van der Waals surface area contributed by atoms with Crippen LogP contribution in [0, 0.1) is 5.92 Å². The van der Waals surface area contributed by atoms with Crippen LogP contribution in [0.2, 0.25) is 9.10 Å². The standard InChI is InChI=1S/2C4H9.ClH.Mg/c1-4(2)3;1-3-4-2;;/h4H,1H2,2-3H3;1,3-4H2,2H3;1H;. The van der Waals surface area contributed by atoms with Crippen LogP contribution in [-0.4, -0.2) is 20.4 Å². The van der Waals surface area contributed by atoms with E-state index in [9.17, 15) is 0 Å². The van der Waals surface area contributed by atoms with E-state index in [1.165, 1.54) is 12.8 Å². The van der Waals surface area contributed by atoms with Gasteiger partial charge in [0.15, 0.2) is 0 Å². The van der Waals surface area contributed by atoms with E-state index in [0.29, 0.717) is 20.4 Å². The van der Waals surface area contributed by atoms with Crippen LogP contribution in [0.3, 0.4) is 0 Å². The average molecular weight is 175 g/mol. The van der Waals surface area contributed by atoms with E-state index < -0.39 is 0 Å². The fourth-order valence-electron chi connectivity index (χ4n) is 0.979. The van der Waals surface area contributed by atoms with Gasteiger partial charge in [-0.3, -0.25) is 0 Å². The Bertz CT molecular complexity index is 55.2. The van der Waals surface area contributed by atoms with Crippen molar-refractivity contribution in [2.24, 2.45) is 5.92 Å². The topological polar surface area (TPSA) is 0 Å². The van der Waals surface area contributed by atoms with Crippen molar-refractivity contribution in [1.29, 1.82) is 0 Å². The predicted octanol–water partition coefficient (Wildman–Crippen LogP) is 3.41. The van der Waals surface area contributed by atoms with Gasteiger partial charge in [0.25, 0.3) is 0 Å². The number of unbranched alkanes of at least 4 members (excludes halogenated alkanes) is 1. The first-order valence-corrected chi connectivity index (χ1v) is 6.27. The van der Waals surface area contributed by atoms with E-state index in [2.05, 4.69) is 20.8 Å². The smallest absolute Gasteiger partial charge is 0.147 e.